The molecule has 0 saturated carbocycles. The fraction of sp³-hybridized carbons (Fsp3) is 0.455. The highest BCUT2D eigenvalue weighted by molar-refractivity contribution is 7.89. The number of nitrogens with two attached hydrogens (primary N) is 1. The molecule has 1 aromatic rings. The summed E-state index contributed by atoms with van der Waals surface area (Å²) >= 11 is 0. The maximum Gasteiger partial charge on any atom is 0.242 e. The zero-order valence-electron chi connectivity index (χ0n) is 10.9. The van der Waals surface area contributed by atoms with Gasteiger partial charge in [-0.3, -0.25) is 4.21 Å². The number of ether oxygens (including phenoxy) is 1. The van der Waals surface area contributed by atoms with Crippen LogP contribution < -0.4 is 15.2 Å². The van der Waals surface area contributed by atoms with Gasteiger partial charge in [0.1, 0.15) is 10.6 Å². The average molecular weight is 306 g/mol. The van der Waals surface area contributed by atoms with Crippen LogP contribution in [0.15, 0.2) is 23.1 Å². The van der Waals surface area contributed by atoms with Gasteiger partial charge in [-0.25, -0.2) is 13.1 Å². The van der Waals surface area contributed by atoms with Crippen molar-refractivity contribution in [3.8, 4) is 5.75 Å². The summed E-state index contributed by atoms with van der Waals surface area (Å²) < 4.78 is 42.2. The molecule has 3 N–H and O–H groups in total. The minimum absolute atomic E-state index is 0.0194. The van der Waals surface area contributed by atoms with E-state index in [1.54, 1.807) is 6.26 Å². The third-order valence-corrected chi connectivity index (χ3v) is 4.81. The third-order valence-electron chi connectivity index (χ3n) is 2.41. The molecule has 0 aliphatic heterocycles. The topological polar surface area (TPSA) is 98.5 Å². The Kier molecular flexibility index (Phi) is 5.77. The predicted octanol–water partition coefficient (Wildman–Crippen LogP) is 0.324. The number of sulfonamides is 1. The molecule has 0 amide bonds. The minimum atomic E-state index is -3.64. The average Bonchev–Trinajstić information content (AvgIpc) is 2.34. The Morgan fingerprint density at radius 2 is 2.11 bits per heavy atom. The molecule has 1 rings (SSSR count). The Morgan fingerprint density at radius 3 is 2.63 bits per heavy atom. The Labute approximate surface area is 115 Å². The highest BCUT2D eigenvalue weighted by Crippen LogP contribution is 2.23. The molecule has 0 radical (unpaired) electrons. The molecular weight excluding hydrogens is 288 g/mol. The normalized spacial score (nSPS) is 13.2. The predicted molar refractivity (Wildman–Crippen MR) is 76.1 cm³/mol. The first-order valence-electron chi connectivity index (χ1n) is 5.60. The van der Waals surface area contributed by atoms with Gasteiger partial charge in [0, 0.05) is 35.4 Å². The van der Waals surface area contributed by atoms with Gasteiger partial charge in [-0.2, -0.15) is 0 Å². The first-order valence-corrected chi connectivity index (χ1v) is 8.81. The molecule has 0 heterocycles. The largest absolute Gasteiger partial charge is 0.497 e. The van der Waals surface area contributed by atoms with Crippen LogP contribution in [0.25, 0.3) is 0 Å². The molecular formula is C11H18N2O4S2. The van der Waals surface area contributed by atoms with Crippen molar-refractivity contribution in [2.24, 2.45) is 0 Å². The van der Waals surface area contributed by atoms with E-state index in [0.717, 1.165) is 0 Å². The molecule has 1 aromatic carbocycles. The maximum absolute atomic E-state index is 12.0. The Hall–Kier alpha value is -1.12. The number of hydrogen-bond donors (Lipinski definition) is 2. The smallest absolute Gasteiger partial charge is 0.242 e. The summed E-state index contributed by atoms with van der Waals surface area (Å²) in [4.78, 5) is 0.0194. The quantitative estimate of drug-likeness (QED) is 0.558. The van der Waals surface area contributed by atoms with Crippen LogP contribution >= 0.6 is 0 Å². The molecule has 0 aliphatic rings. The molecule has 0 spiro atoms. The second-order valence-corrected chi connectivity index (χ2v) is 7.22. The number of nitrogen functional groups attached to an aromatic ring is 1. The molecule has 0 fully saturated rings. The summed E-state index contributed by atoms with van der Waals surface area (Å²) in [5.74, 6) is 0.957. The van der Waals surface area contributed by atoms with E-state index in [9.17, 15) is 12.6 Å². The van der Waals surface area contributed by atoms with Crippen LogP contribution in [-0.4, -0.2) is 38.3 Å². The van der Waals surface area contributed by atoms with Crippen molar-refractivity contribution in [1.82, 2.24) is 4.72 Å². The summed E-state index contributed by atoms with van der Waals surface area (Å²) in [7, 11) is -3.09. The Bertz CT molecular complexity index is 558. The highest BCUT2D eigenvalue weighted by Gasteiger charge is 2.17. The Balaban J connectivity index is 2.74. The van der Waals surface area contributed by atoms with Crippen LogP contribution in [0.4, 0.5) is 5.69 Å². The molecule has 0 saturated heterocycles. The zero-order chi connectivity index (χ0) is 14.5. The van der Waals surface area contributed by atoms with Crippen LogP contribution in [0, 0.1) is 0 Å². The van der Waals surface area contributed by atoms with E-state index in [1.165, 1.54) is 25.3 Å². The van der Waals surface area contributed by atoms with Gasteiger partial charge in [-0.05, 0) is 18.6 Å². The fourth-order valence-corrected chi connectivity index (χ4v) is 3.19. The highest BCUT2D eigenvalue weighted by atomic mass is 32.2. The summed E-state index contributed by atoms with van der Waals surface area (Å²) in [6, 6.07) is 4.39. The van der Waals surface area contributed by atoms with E-state index in [-0.39, 0.29) is 17.1 Å². The number of nitrogens with one attached hydrogen (secondary N) is 1. The number of benzene rings is 1. The van der Waals surface area contributed by atoms with Gasteiger partial charge < -0.3 is 10.5 Å². The van der Waals surface area contributed by atoms with E-state index in [1.807, 2.05) is 0 Å². The molecule has 8 heteroatoms. The van der Waals surface area contributed by atoms with Crippen molar-refractivity contribution in [2.75, 3.05) is 31.4 Å². The zero-order valence-corrected chi connectivity index (χ0v) is 12.5. The van der Waals surface area contributed by atoms with Crippen LogP contribution in [0.3, 0.4) is 0 Å². The fourth-order valence-electron chi connectivity index (χ4n) is 1.46. The number of rotatable bonds is 7. The summed E-state index contributed by atoms with van der Waals surface area (Å²) in [6.07, 6.45) is 2.09. The maximum atomic E-state index is 12.0. The number of anilines is 1. The second-order valence-electron chi connectivity index (χ2n) is 3.93. The van der Waals surface area contributed by atoms with Crippen molar-refractivity contribution in [1.29, 1.82) is 0 Å². The van der Waals surface area contributed by atoms with E-state index < -0.39 is 20.8 Å². The lowest BCUT2D eigenvalue weighted by Crippen LogP contribution is -2.26. The van der Waals surface area contributed by atoms with Crippen molar-refractivity contribution >= 4 is 26.5 Å². The molecule has 1 unspecified atom stereocenters. The first-order chi connectivity index (χ1) is 8.86. The number of hydrogen-bond acceptors (Lipinski definition) is 5. The summed E-state index contributed by atoms with van der Waals surface area (Å²) in [6.45, 7) is 0.230. The Morgan fingerprint density at radius 1 is 1.42 bits per heavy atom. The van der Waals surface area contributed by atoms with Gasteiger partial charge in [-0.1, -0.05) is 0 Å². The van der Waals surface area contributed by atoms with Gasteiger partial charge >= 0.3 is 0 Å². The summed E-state index contributed by atoms with van der Waals surface area (Å²) in [5.41, 5.74) is 5.82. The van der Waals surface area contributed by atoms with Crippen molar-refractivity contribution in [3.05, 3.63) is 18.2 Å². The van der Waals surface area contributed by atoms with Gasteiger partial charge in [-0.15, -0.1) is 0 Å². The van der Waals surface area contributed by atoms with Gasteiger partial charge in [0.25, 0.3) is 0 Å². The number of methoxy groups -OCH3 is 1. The first kappa shape index (κ1) is 15.9. The van der Waals surface area contributed by atoms with Crippen LogP contribution in [0.1, 0.15) is 6.42 Å². The van der Waals surface area contributed by atoms with Crippen molar-refractivity contribution in [3.63, 3.8) is 0 Å². The van der Waals surface area contributed by atoms with Crippen LogP contribution in [0.5, 0.6) is 5.75 Å². The van der Waals surface area contributed by atoms with E-state index in [2.05, 4.69) is 4.72 Å². The minimum Gasteiger partial charge on any atom is -0.497 e. The van der Waals surface area contributed by atoms with E-state index in [0.29, 0.717) is 17.9 Å². The molecule has 19 heavy (non-hydrogen) atoms. The van der Waals surface area contributed by atoms with Gasteiger partial charge in [0.2, 0.25) is 10.0 Å². The summed E-state index contributed by atoms with van der Waals surface area (Å²) in [5, 5.41) is 0. The molecule has 6 nitrogen and oxygen atoms in total. The molecule has 0 aliphatic carbocycles. The van der Waals surface area contributed by atoms with Crippen molar-refractivity contribution < 1.29 is 17.4 Å². The lowest BCUT2D eigenvalue weighted by atomic mass is 10.3. The van der Waals surface area contributed by atoms with Gasteiger partial charge in [0.05, 0.1) is 12.8 Å². The molecule has 108 valence electrons. The third kappa shape index (κ3) is 4.81. The molecule has 0 aromatic heterocycles. The SMILES string of the molecule is COc1ccc(S(=O)(=O)NCCCS(C)=O)c(N)c1. The molecule has 1 atom stereocenters. The lowest BCUT2D eigenvalue weighted by Gasteiger charge is -2.10. The van der Waals surface area contributed by atoms with E-state index >= 15 is 0 Å². The van der Waals surface area contributed by atoms with Crippen LogP contribution in [0.2, 0.25) is 0 Å². The van der Waals surface area contributed by atoms with Crippen molar-refractivity contribution in [2.45, 2.75) is 11.3 Å². The lowest BCUT2D eigenvalue weighted by molar-refractivity contribution is 0.414. The van der Waals surface area contributed by atoms with Gasteiger partial charge in [0.15, 0.2) is 0 Å². The molecule has 0 bridgehead atoms. The second kappa shape index (κ2) is 6.88. The standard InChI is InChI=1S/C11H18N2O4S2/c1-17-9-4-5-11(10(12)8-9)19(15,16)13-6-3-7-18(2)14/h4-5,8,13H,3,6-7,12H2,1-2H3. The van der Waals surface area contributed by atoms with Crippen LogP contribution in [-0.2, 0) is 20.8 Å². The van der Waals surface area contributed by atoms with E-state index in [4.69, 9.17) is 10.5 Å². The monoisotopic (exact) mass is 306 g/mol.